The van der Waals surface area contributed by atoms with Crippen molar-refractivity contribution in [1.29, 1.82) is 0 Å². The molecule has 162 valence electrons. The van der Waals surface area contributed by atoms with Gasteiger partial charge in [0.05, 0.1) is 15.2 Å². The monoisotopic (exact) mass is 514 g/mol. The maximum atomic E-state index is 3.72. The Morgan fingerprint density at radius 3 is 1.31 bits per heavy atom. The van der Waals surface area contributed by atoms with Gasteiger partial charge in [0.15, 0.2) is 0 Å². The lowest BCUT2D eigenvalue weighted by atomic mass is 10.1. The van der Waals surface area contributed by atoms with E-state index in [0.29, 0.717) is 8.57 Å². The first-order chi connectivity index (χ1) is 17.9. The molecule has 36 heavy (non-hydrogen) atoms. The summed E-state index contributed by atoms with van der Waals surface area (Å²) >= 11 is 0. The number of fused-ring (bicyclic) bond motifs is 6. The van der Waals surface area contributed by atoms with Crippen LogP contribution in [0.4, 0.5) is 0 Å². The maximum Gasteiger partial charge on any atom is 0.0626 e. The zero-order valence-electron chi connectivity index (χ0n) is 19.4. The van der Waals surface area contributed by atoms with Gasteiger partial charge in [0.25, 0.3) is 0 Å². The Morgan fingerprint density at radius 2 is 0.833 bits per heavy atom. The molecule has 0 atom stereocenters. The molecule has 6 fully saturated rings. The van der Waals surface area contributed by atoms with Crippen molar-refractivity contribution in [2.75, 3.05) is 0 Å². The fourth-order valence-electron chi connectivity index (χ4n) is 10.5. The minimum absolute atomic E-state index is 0.353. The van der Waals surface area contributed by atoms with Crippen molar-refractivity contribution < 1.29 is 0 Å². The lowest BCUT2D eigenvalue weighted by molar-refractivity contribution is 0.931. The van der Waals surface area contributed by atoms with Crippen LogP contribution >= 0.6 is 0 Å². The molecule has 2 radical (unpaired) electrons. The third kappa shape index (κ3) is 1.37. The molecule has 0 N–H and O–H groups in total. The molecule has 4 heteroatoms. The normalized spacial score (nSPS) is 38.8. The van der Waals surface area contributed by atoms with Gasteiger partial charge in [0.2, 0.25) is 0 Å². The maximum absolute atomic E-state index is 3.72. The van der Waals surface area contributed by atoms with Gasteiger partial charge in [0, 0.05) is 38.9 Å². The van der Waals surface area contributed by atoms with E-state index in [0.717, 1.165) is 10.3 Å². The molecule has 12 rings (SSSR count). The Labute approximate surface area is 215 Å². The summed E-state index contributed by atoms with van der Waals surface area (Å²) in [4.78, 5) is 0. The van der Waals surface area contributed by atoms with E-state index in [4.69, 9.17) is 0 Å². The summed E-state index contributed by atoms with van der Waals surface area (Å²) < 4.78 is 1.30. The predicted molar refractivity (Wildman–Crippen MR) is 150 cm³/mol. The van der Waals surface area contributed by atoms with Crippen LogP contribution in [0.2, 0.25) is 0 Å². The van der Waals surface area contributed by atoms with E-state index >= 15 is 0 Å². The molecule has 8 aliphatic heterocycles. The van der Waals surface area contributed by atoms with Crippen LogP contribution in [-0.4, -0.2) is 31.8 Å². The number of hydrogen-bond donors (Lipinski definition) is 0. The summed E-state index contributed by atoms with van der Waals surface area (Å²) in [5.41, 5.74) is 12.1. The number of rotatable bonds is 0. The van der Waals surface area contributed by atoms with E-state index in [9.17, 15) is 0 Å². The number of hydrogen-bond acceptors (Lipinski definition) is 0. The Balaban J connectivity index is 1.32. The largest absolute Gasteiger partial charge is 0.0626 e. The van der Waals surface area contributed by atoms with Crippen molar-refractivity contribution >= 4 is 31.8 Å². The van der Waals surface area contributed by atoms with Crippen molar-refractivity contribution in [3.8, 4) is 23.7 Å². The van der Waals surface area contributed by atoms with E-state index in [1.54, 1.807) is 22.3 Å². The van der Waals surface area contributed by atoms with Gasteiger partial charge in [-0.1, -0.05) is 96.5 Å². The highest BCUT2D eigenvalue weighted by atomic mass is 29.5. The van der Waals surface area contributed by atoms with Crippen LogP contribution in [0.3, 0.4) is 0 Å². The second kappa shape index (κ2) is 5.14. The highest BCUT2D eigenvalue weighted by Gasteiger charge is 3.29. The molecule has 0 aliphatic carbocycles. The quantitative estimate of drug-likeness (QED) is 0.242. The Hall–Kier alpha value is -3.13. The Morgan fingerprint density at radius 1 is 0.472 bits per heavy atom. The third-order valence-corrected chi connectivity index (χ3v) is 57.6. The molecule has 6 saturated heterocycles. The Bertz CT molecular complexity index is 1770. The van der Waals surface area contributed by atoms with Crippen LogP contribution in [0, 0.1) is 23.7 Å². The topological polar surface area (TPSA) is 0 Å². The molecule has 4 spiro atoms. The van der Waals surface area contributed by atoms with Crippen LogP contribution in [0.1, 0.15) is 54.8 Å². The molecule has 8 aliphatic rings. The van der Waals surface area contributed by atoms with Crippen molar-refractivity contribution in [1.82, 2.24) is 0 Å². The van der Waals surface area contributed by atoms with Gasteiger partial charge in [-0.05, 0) is 65.4 Å². The third-order valence-electron chi connectivity index (χ3n) is 11.1. The van der Waals surface area contributed by atoms with Gasteiger partial charge in [-0.25, -0.2) is 0 Å². The second-order valence-electron chi connectivity index (χ2n) is 11.6. The molecule has 0 amide bonds. The molecule has 4 aromatic rings. The van der Waals surface area contributed by atoms with E-state index in [1.165, 1.54) is 22.3 Å². The summed E-state index contributed by atoms with van der Waals surface area (Å²) in [5.74, 6) is 14.8. The highest BCUT2D eigenvalue weighted by Crippen LogP contribution is 3.09. The van der Waals surface area contributed by atoms with Crippen molar-refractivity contribution in [3.63, 3.8) is 0 Å². The van der Waals surface area contributed by atoms with E-state index < -0.39 is 15.2 Å². The van der Waals surface area contributed by atoms with Gasteiger partial charge >= 0.3 is 0 Å². The molecule has 2 bridgehead atoms. The molecule has 0 nitrogen and oxygen atoms in total. The van der Waals surface area contributed by atoms with Gasteiger partial charge in [0.1, 0.15) is 0 Å². The van der Waals surface area contributed by atoms with E-state index in [2.05, 4.69) is 121 Å². The standard InChI is InChI=1S/C32H18Si4/c1-5-13-25-21(9-1)17-19-23-11-3-7-15-27(23)31-33-32(34(31)33)28-16-8-4-12-24(28)20-18-22-10-2-6-14-26(22)30-35(31)29(25)36(30,32)35/h1-16,29-30H. The first kappa shape index (κ1) is 18.2. The summed E-state index contributed by atoms with van der Waals surface area (Å²) in [6.45, 7) is 0. The minimum Gasteiger partial charge on any atom is -0.0619 e. The zero-order chi connectivity index (χ0) is 23.1. The van der Waals surface area contributed by atoms with Gasteiger partial charge in [-0.3, -0.25) is 0 Å². The fraction of sp³-hybridized carbons (Fsp3) is 0.125. The smallest absolute Gasteiger partial charge is 0.0619 e. The summed E-state index contributed by atoms with van der Waals surface area (Å²) in [6, 6.07) is 37.5. The highest BCUT2D eigenvalue weighted by molar-refractivity contribution is 8.02. The van der Waals surface area contributed by atoms with Crippen molar-refractivity contribution in [2.24, 2.45) is 0 Å². The lowest BCUT2D eigenvalue weighted by Gasteiger charge is -2.46. The zero-order valence-corrected chi connectivity index (χ0v) is 23.4. The van der Waals surface area contributed by atoms with E-state index in [1.807, 2.05) is 0 Å². The molecule has 8 heterocycles. The van der Waals surface area contributed by atoms with Gasteiger partial charge in [-0.15, -0.1) is 0 Å². The fourth-order valence-corrected chi connectivity index (χ4v) is 100. The second-order valence-corrected chi connectivity index (χ2v) is 35.5. The van der Waals surface area contributed by atoms with Crippen LogP contribution in [0.5, 0.6) is 0 Å². The van der Waals surface area contributed by atoms with Gasteiger partial charge in [-0.2, -0.15) is 0 Å². The predicted octanol–water partition coefficient (Wildman–Crippen LogP) is 4.36. The minimum atomic E-state index is -1.57. The summed E-state index contributed by atoms with van der Waals surface area (Å²) in [6.07, 6.45) is 0. The summed E-state index contributed by atoms with van der Waals surface area (Å²) in [5, 5.41) is 1.80. The summed E-state index contributed by atoms with van der Waals surface area (Å²) in [7, 11) is -3.84. The van der Waals surface area contributed by atoms with E-state index in [-0.39, 0.29) is 16.6 Å². The Kier molecular flexibility index (Phi) is 2.59. The first-order valence-corrected chi connectivity index (χ1v) is 22.4. The van der Waals surface area contributed by atoms with Gasteiger partial charge < -0.3 is 0 Å². The molecule has 0 saturated carbocycles. The average Bonchev–Trinajstić information content (AvgIpc) is 3.86. The van der Waals surface area contributed by atoms with Crippen LogP contribution in [-0.2, 0) is 8.57 Å². The molecule has 4 aromatic carbocycles. The lowest BCUT2D eigenvalue weighted by Crippen LogP contribution is -2.56. The molecule has 0 aromatic heterocycles. The molecular formula is C32H18Si4. The average molecular weight is 515 g/mol. The van der Waals surface area contributed by atoms with Crippen LogP contribution < -0.4 is 0 Å². The van der Waals surface area contributed by atoms with Crippen LogP contribution in [0.25, 0.3) is 0 Å². The van der Waals surface area contributed by atoms with Crippen LogP contribution in [0.15, 0.2) is 97.1 Å². The van der Waals surface area contributed by atoms with Crippen molar-refractivity contribution in [3.05, 3.63) is 142 Å². The molecular weight excluding hydrogens is 497 g/mol. The first-order valence-electron chi connectivity index (χ1n) is 13.0. The molecule has 0 unspecified atom stereocenters. The van der Waals surface area contributed by atoms with Crippen molar-refractivity contribution in [2.45, 2.75) is 18.9 Å². The number of benzene rings is 4. The SMILES string of the molecule is C1#Cc2ccccc2C23[Si]4[Si]2C42c4ccccc4C#Cc4ccccc4C4[Si]35C(c3ccccc31)[Si]425.